The maximum Gasteiger partial charge on any atom is 0.255 e. The van der Waals surface area contributed by atoms with Crippen molar-refractivity contribution in [3.63, 3.8) is 0 Å². The molecule has 28 heavy (non-hydrogen) atoms. The monoisotopic (exact) mass is 374 g/mol. The number of hydrogen-bond acceptors (Lipinski definition) is 3. The van der Waals surface area contributed by atoms with Crippen LogP contribution in [0, 0.1) is 0 Å². The van der Waals surface area contributed by atoms with E-state index < -0.39 is 0 Å². The molecule has 0 aliphatic carbocycles. The smallest absolute Gasteiger partial charge is 0.255 e. The molecule has 0 fully saturated rings. The average Bonchev–Trinajstić information content (AvgIpc) is 3.06. The van der Waals surface area contributed by atoms with Crippen LogP contribution in [0.4, 0.5) is 5.69 Å². The number of rotatable bonds is 5. The van der Waals surface area contributed by atoms with Gasteiger partial charge in [-0.1, -0.05) is 18.2 Å². The number of hydrogen-bond donors (Lipinski definition) is 1. The van der Waals surface area contributed by atoms with Crippen LogP contribution >= 0.6 is 0 Å². The summed E-state index contributed by atoms with van der Waals surface area (Å²) in [7, 11) is 3.12. The van der Waals surface area contributed by atoms with Crippen LogP contribution in [-0.4, -0.2) is 24.7 Å². The Hall–Kier alpha value is -3.47. The molecule has 1 heterocycles. The van der Waals surface area contributed by atoms with E-state index in [1.54, 1.807) is 32.4 Å². The molecule has 0 atom stereocenters. The number of benzene rings is 3. The summed E-state index contributed by atoms with van der Waals surface area (Å²) in [6.07, 6.45) is 0. The first-order chi connectivity index (χ1) is 13.7. The van der Waals surface area contributed by atoms with Crippen molar-refractivity contribution in [2.45, 2.75) is 13.5 Å². The molecule has 1 N–H and O–H groups in total. The van der Waals surface area contributed by atoms with Gasteiger partial charge in [0.1, 0.15) is 0 Å². The summed E-state index contributed by atoms with van der Waals surface area (Å²) in [6, 6.07) is 19.5. The second-order valence-corrected chi connectivity index (χ2v) is 6.52. The van der Waals surface area contributed by atoms with E-state index in [2.05, 4.69) is 35.0 Å². The Morgan fingerprint density at radius 1 is 0.893 bits per heavy atom. The highest BCUT2D eigenvalue weighted by atomic mass is 16.5. The van der Waals surface area contributed by atoms with Crippen LogP contribution in [-0.2, 0) is 6.54 Å². The van der Waals surface area contributed by atoms with Gasteiger partial charge in [0.2, 0.25) is 0 Å². The third kappa shape index (κ3) is 2.95. The molecule has 3 aromatic carbocycles. The zero-order chi connectivity index (χ0) is 19.7. The van der Waals surface area contributed by atoms with E-state index in [1.165, 1.54) is 10.9 Å². The first-order valence-corrected chi connectivity index (χ1v) is 9.20. The minimum absolute atomic E-state index is 0.195. The van der Waals surface area contributed by atoms with Crippen molar-refractivity contribution in [2.75, 3.05) is 19.5 Å². The molecule has 0 radical (unpaired) electrons. The van der Waals surface area contributed by atoms with Gasteiger partial charge in [-0.25, -0.2) is 0 Å². The number of fused-ring (bicyclic) bond motifs is 3. The summed E-state index contributed by atoms with van der Waals surface area (Å²) in [4.78, 5) is 12.7. The lowest BCUT2D eigenvalue weighted by Gasteiger charge is -2.10. The Morgan fingerprint density at radius 2 is 1.64 bits per heavy atom. The van der Waals surface area contributed by atoms with Crippen molar-refractivity contribution in [1.82, 2.24) is 4.57 Å². The van der Waals surface area contributed by atoms with E-state index in [4.69, 9.17) is 9.47 Å². The molecule has 0 aliphatic heterocycles. The minimum atomic E-state index is -0.195. The van der Waals surface area contributed by atoms with Crippen molar-refractivity contribution >= 4 is 33.4 Å². The average molecular weight is 374 g/mol. The van der Waals surface area contributed by atoms with Gasteiger partial charge in [-0.05, 0) is 49.4 Å². The number of nitrogens with zero attached hydrogens (tertiary/aromatic N) is 1. The highest BCUT2D eigenvalue weighted by Gasteiger charge is 2.13. The summed E-state index contributed by atoms with van der Waals surface area (Å²) < 4.78 is 12.8. The van der Waals surface area contributed by atoms with Gasteiger partial charge in [-0.3, -0.25) is 4.79 Å². The van der Waals surface area contributed by atoms with Gasteiger partial charge >= 0.3 is 0 Å². The third-order valence-corrected chi connectivity index (χ3v) is 4.99. The fraction of sp³-hybridized carbons (Fsp3) is 0.174. The predicted octanol–water partition coefficient (Wildman–Crippen LogP) is 5.08. The molecule has 0 bridgehead atoms. The number of ether oxygens (including phenoxy) is 2. The molecule has 1 amide bonds. The molecule has 4 aromatic rings. The van der Waals surface area contributed by atoms with E-state index >= 15 is 0 Å². The van der Waals surface area contributed by atoms with E-state index in [9.17, 15) is 4.79 Å². The standard InChI is InChI=1S/C23H22N2O3/c1-4-25-19-8-6-5-7-17(19)18-14-16(10-11-20(18)25)24-23(26)15-9-12-21(27-2)22(13-15)28-3/h5-14H,4H2,1-3H3,(H,24,26). The van der Waals surface area contributed by atoms with Gasteiger partial charge in [0.05, 0.1) is 14.2 Å². The van der Waals surface area contributed by atoms with Gasteiger partial charge in [0.15, 0.2) is 11.5 Å². The largest absolute Gasteiger partial charge is 0.493 e. The Balaban J connectivity index is 1.70. The second kappa shape index (κ2) is 7.27. The number of nitrogens with one attached hydrogen (secondary N) is 1. The molecular weight excluding hydrogens is 352 g/mol. The summed E-state index contributed by atoms with van der Waals surface area (Å²) in [5.74, 6) is 0.920. The van der Waals surface area contributed by atoms with Crippen molar-refractivity contribution in [3.05, 3.63) is 66.2 Å². The van der Waals surface area contributed by atoms with Gasteiger partial charge in [0.25, 0.3) is 5.91 Å². The van der Waals surface area contributed by atoms with Crippen molar-refractivity contribution < 1.29 is 14.3 Å². The third-order valence-electron chi connectivity index (χ3n) is 4.99. The zero-order valence-electron chi connectivity index (χ0n) is 16.2. The van der Waals surface area contributed by atoms with E-state index in [1.807, 2.05) is 24.3 Å². The van der Waals surface area contributed by atoms with Crippen LogP contribution in [0.25, 0.3) is 21.8 Å². The molecule has 4 rings (SSSR count). The van der Waals surface area contributed by atoms with E-state index in [0.29, 0.717) is 17.1 Å². The van der Waals surface area contributed by atoms with Gasteiger partial charge in [0, 0.05) is 39.6 Å². The number of para-hydroxylation sites is 1. The van der Waals surface area contributed by atoms with E-state index in [0.717, 1.165) is 23.1 Å². The number of aryl methyl sites for hydroxylation is 1. The highest BCUT2D eigenvalue weighted by Crippen LogP contribution is 2.32. The van der Waals surface area contributed by atoms with Gasteiger partial charge in [-0.15, -0.1) is 0 Å². The zero-order valence-corrected chi connectivity index (χ0v) is 16.2. The molecule has 142 valence electrons. The lowest BCUT2D eigenvalue weighted by Crippen LogP contribution is -2.12. The van der Waals surface area contributed by atoms with Crippen molar-refractivity contribution in [3.8, 4) is 11.5 Å². The Morgan fingerprint density at radius 3 is 2.39 bits per heavy atom. The van der Waals surface area contributed by atoms with Crippen LogP contribution < -0.4 is 14.8 Å². The maximum absolute atomic E-state index is 12.7. The number of amides is 1. The highest BCUT2D eigenvalue weighted by molar-refractivity contribution is 6.11. The minimum Gasteiger partial charge on any atom is -0.493 e. The van der Waals surface area contributed by atoms with Crippen molar-refractivity contribution in [1.29, 1.82) is 0 Å². The SMILES string of the molecule is CCn1c2ccccc2c2cc(NC(=O)c3ccc(OC)c(OC)c3)ccc21. The van der Waals surface area contributed by atoms with Crippen molar-refractivity contribution in [2.24, 2.45) is 0 Å². The Kier molecular flexibility index (Phi) is 4.65. The maximum atomic E-state index is 12.7. The molecule has 0 saturated carbocycles. The number of carbonyl (C=O) groups excluding carboxylic acids is 1. The molecule has 5 heteroatoms. The van der Waals surface area contributed by atoms with Crippen LogP contribution in [0.2, 0.25) is 0 Å². The summed E-state index contributed by atoms with van der Waals surface area (Å²) >= 11 is 0. The molecule has 5 nitrogen and oxygen atoms in total. The lowest BCUT2D eigenvalue weighted by atomic mass is 10.1. The van der Waals surface area contributed by atoms with Crippen LogP contribution in [0.1, 0.15) is 17.3 Å². The van der Waals surface area contributed by atoms with Crippen LogP contribution in [0.15, 0.2) is 60.7 Å². The predicted molar refractivity (Wildman–Crippen MR) is 113 cm³/mol. The number of aromatic nitrogens is 1. The second-order valence-electron chi connectivity index (χ2n) is 6.52. The first kappa shape index (κ1) is 17.9. The van der Waals surface area contributed by atoms with Crippen LogP contribution in [0.3, 0.4) is 0 Å². The summed E-state index contributed by atoms with van der Waals surface area (Å²) in [5, 5.41) is 5.30. The fourth-order valence-electron chi connectivity index (χ4n) is 3.65. The normalized spacial score (nSPS) is 11.0. The molecule has 0 spiro atoms. The molecular formula is C23H22N2O3. The first-order valence-electron chi connectivity index (χ1n) is 9.20. The van der Waals surface area contributed by atoms with Crippen LogP contribution in [0.5, 0.6) is 11.5 Å². The molecule has 0 unspecified atom stereocenters. The summed E-state index contributed by atoms with van der Waals surface area (Å²) in [6.45, 7) is 3.03. The number of anilines is 1. The lowest BCUT2D eigenvalue weighted by molar-refractivity contribution is 0.102. The number of methoxy groups -OCH3 is 2. The Labute approximate surface area is 163 Å². The quantitative estimate of drug-likeness (QED) is 0.530. The Bertz CT molecular complexity index is 1180. The number of carbonyl (C=O) groups is 1. The van der Waals surface area contributed by atoms with E-state index in [-0.39, 0.29) is 5.91 Å². The topological polar surface area (TPSA) is 52.5 Å². The van der Waals surface area contributed by atoms with Gasteiger partial charge in [-0.2, -0.15) is 0 Å². The molecule has 0 aliphatic rings. The van der Waals surface area contributed by atoms with Gasteiger partial charge < -0.3 is 19.4 Å². The molecule has 1 aromatic heterocycles. The summed E-state index contributed by atoms with van der Waals surface area (Å²) in [5.41, 5.74) is 3.62. The fourth-order valence-corrected chi connectivity index (χ4v) is 3.65. The molecule has 0 saturated heterocycles.